The molecule has 2 atom stereocenters. The van der Waals surface area contributed by atoms with E-state index in [1.807, 2.05) is 0 Å². The van der Waals surface area contributed by atoms with Gasteiger partial charge >= 0.3 is 0 Å². The highest BCUT2D eigenvalue weighted by Gasteiger charge is 2.36. The Labute approximate surface area is 123 Å². The molecule has 0 aromatic carbocycles. The predicted molar refractivity (Wildman–Crippen MR) is 79.8 cm³/mol. The minimum Gasteiger partial charge on any atom is -0.353 e. The number of rotatable bonds is 4. The van der Waals surface area contributed by atoms with E-state index in [0.29, 0.717) is 5.41 Å². The number of hydrogen-bond acceptors (Lipinski definition) is 4. The van der Waals surface area contributed by atoms with E-state index in [-0.39, 0.29) is 6.29 Å². The van der Waals surface area contributed by atoms with E-state index < -0.39 is 0 Å². The van der Waals surface area contributed by atoms with Crippen molar-refractivity contribution in [2.75, 3.05) is 45.9 Å². The molecule has 4 heteroatoms. The molecule has 0 amide bonds. The van der Waals surface area contributed by atoms with Crippen LogP contribution in [0.15, 0.2) is 0 Å². The number of nitrogens with one attached hydrogen (secondary N) is 1. The Morgan fingerprint density at radius 1 is 1.20 bits per heavy atom. The van der Waals surface area contributed by atoms with Crippen LogP contribution in [0.25, 0.3) is 0 Å². The van der Waals surface area contributed by atoms with Gasteiger partial charge in [0.05, 0.1) is 6.61 Å². The highest BCUT2D eigenvalue weighted by atomic mass is 16.7. The monoisotopic (exact) mass is 282 g/mol. The molecule has 0 aliphatic carbocycles. The summed E-state index contributed by atoms with van der Waals surface area (Å²) in [6.45, 7) is 7.71. The SMILES string of the molecule is C1CCC(OCCN2CCCC3(CCCNC3)C2)OC1. The lowest BCUT2D eigenvalue weighted by atomic mass is 9.74. The summed E-state index contributed by atoms with van der Waals surface area (Å²) < 4.78 is 11.5. The van der Waals surface area contributed by atoms with Crippen LogP contribution < -0.4 is 5.32 Å². The van der Waals surface area contributed by atoms with Crippen molar-refractivity contribution in [2.24, 2.45) is 5.41 Å². The van der Waals surface area contributed by atoms with Crippen LogP contribution in [0.2, 0.25) is 0 Å². The van der Waals surface area contributed by atoms with Crippen LogP contribution in [0.5, 0.6) is 0 Å². The molecule has 0 bridgehead atoms. The molecule has 3 aliphatic heterocycles. The minimum absolute atomic E-state index is 0.0684. The van der Waals surface area contributed by atoms with Crippen molar-refractivity contribution in [3.8, 4) is 0 Å². The van der Waals surface area contributed by atoms with Crippen LogP contribution in [0, 0.1) is 5.41 Å². The largest absolute Gasteiger partial charge is 0.353 e. The molecule has 3 heterocycles. The summed E-state index contributed by atoms with van der Waals surface area (Å²) in [7, 11) is 0. The predicted octanol–water partition coefficient (Wildman–Crippen LogP) is 2.00. The Kier molecular flexibility index (Phi) is 5.32. The summed E-state index contributed by atoms with van der Waals surface area (Å²) in [5, 5.41) is 3.60. The van der Waals surface area contributed by atoms with Crippen LogP contribution in [0.1, 0.15) is 44.9 Å². The molecular formula is C16H30N2O2. The number of ether oxygens (including phenoxy) is 2. The standard InChI is InChI=1S/C16H30N2O2/c1-2-11-19-15(5-1)20-12-10-18-9-4-7-16(14-18)6-3-8-17-13-16/h15,17H,1-14H2. The highest BCUT2D eigenvalue weighted by Crippen LogP contribution is 2.35. The van der Waals surface area contributed by atoms with Gasteiger partial charge in [-0.1, -0.05) is 0 Å². The van der Waals surface area contributed by atoms with E-state index in [4.69, 9.17) is 9.47 Å². The number of hydrogen-bond donors (Lipinski definition) is 1. The first-order valence-corrected chi connectivity index (χ1v) is 8.53. The third kappa shape index (κ3) is 3.94. The Hall–Kier alpha value is -0.160. The topological polar surface area (TPSA) is 33.7 Å². The van der Waals surface area contributed by atoms with E-state index in [1.54, 1.807) is 0 Å². The normalized spacial score (nSPS) is 36.3. The van der Waals surface area contributed by atoms with Gasteiger partial charge in [-0.05, 0) is 63.5 Å². The number of likely N-dealkylation sites (tertiary alicyclic amines) is 1. The van der Waals surface area contributed by atoms with Crippen LogP contribution in [0.4, 0.5) is 0 Å². The van der Waals surface area contributed by atoms with Crippen molar-refractivity contribution in [3.63, 3.8) is 0 Å². The first-order valence-electron chi connectivity index (χ1n) is 8.53. The lowest BCUT2D eigenvalue weighted by molar-refractivity contribution is -0.165. The zero-order valence-electron chi connectivity index (χ0n) is 12.7. The van der Waals surface area contributed by atoms with Crippen molar-refractivity contribution in [1.82, 2.24) is 10.2 Å². The fourth-order valence-corrected chi connectivity index (χ4v) is 4.04. The van der Waals surface area contributed by atoms with Crippen molar-refractivity contribution >= 4 is 0 Å². The molecule has 3 saturated heterocycles. The molecule has 0 aromatic rings. The van der Waals surface area contributed by atoms with E-state index in [9.17, 15) is 0 Å². The van der Waals surface area contributed by atoms with Gasteiger partial charge in [0.15, 0.2) is 6.29 Å². The van der Waals surface area contributed by atoms with Crippen molar-refractivity contribution < 1.29 is 9.47 Å². The molecule has 116 valence electrons. The summed E-state index contributed by atoms with van der Waals surface area (Å²) in [6.07, 6.45) is 9.10. The molecule has 4 nitrogen and oxygen atoms in total. The molecule has 0 saturated carbocycles. The fraction of sp³-hybridized carbons (Fsp3) is 1.00. The molecule has 3 rings (SSSR count). The highest BCUT2D eigenvalue weighted by molar-refractivity contribution is 4.91. The van der Waals surface area contributed by atoms with Crippen LogP contribution >= 0.6 is 0 Å². The molecule has 0 aromatic heterocycles. The summed E-state index contributed by atoms with van der Waals surface area (Å²) in [5.41, 5.74) is 0.553. The first kappa shape index (κ1) is 14.8. The van der Waals surface area contributed by atoms with E-state index in [2.05, 4.69) is 10.2 Å². The van der Waals surface area contributed by atoms with Gasteiger partial charge in [0.1, 0.15) is 0 Å². The second-order valence-corrected chi connectivity index (χ2v) is 6.83. The molecule has 0 radical (unpaired) electrons. The van der Waals surface area contributed by atoms with Gasteiger partial charge < -0.3 is 19.7 Å². The number of piperidine rings is 2. The smallest absolute Gasteiger partial charge is 0.157 e. The Bertz CT molecular complexity index is 281. The van der Waals surface area contributed by atoms with Crippen LogP contribution in [-0.4, -0.2) is 57.1 Å². The lowest BCUT2D eigenvalue weighted by Gasteiger charge is -2.45. The van der Waals surface area contributed by atoms with Gasteiger partial charge in [0.25, 0.3) is 0 Å². The third-order valence-electron chi connectivity index (χ3n) is 5.15. The van der Waals surface area contributed by atoms with E-state index in [0.717, 1.165) is 26.2 Å². The fourth-order valence-electron chi connectivity index (χ4n) is 4.04. The van der Waals surface area contributed by atoms with Gasteiger partial charge in [-0.3, -0.25) is 0 Å². The maximum Gasteiger partial charge on any atom is 0.157 e. The van der Waals surface area contributed by atoms with Crippen molar-refractivity contribution in [3.05, 3.63) is 0 Å². The molecule has 20 heavy (non-hydrogen) atoms. The van der Waals surface area contributed by atoms with Gasteiger partial charge in [-0.15, -0.1) is 0 Å². The van der Waals surface area contributed by atoms with Gasteiger partial charge in [0.2, 0.25) is 0 Å². The molecule has 3 aliphatic rings. The zero-order chi connectivity index (χ0) is 13.7. The van der Waals surface area contributed by atoms with Gasteiger partial charge in [-0.2, -0.15) is 0 Å². The van der Waals surface area contributed by atoms with Crippen LogP contribution in [-0.2, 0) is 9.47 Å². The van der Waals surface area contributed by atoms with Crippen molar-refractivity contribution in [2.45, 2.75) is 51.2 Å². The Balaban J connectivity index is 1.38. The summed E-state index contributed by atoms with van der Waals surface area (Å²) in [6, 6.07) is 0. The Morgan fingerprint density at radius 3 is 2.95 bits per heavy atom. The quantitative estimate of drug-likeness (QED) is 0.855. The van der Waals surface area contributed by atoms with Crippen molar-refractivity contribution in [1.29, 1.82) is 0 Å². The third-order valence-corrected chi connectivity index (χ3v) is 5.15. The number of nitrogens with zero attached hydrogens (tertiary/aromatic N) is 1. The van der Waals surface area contributed by atoms with Gasteiger partial charge in [-0.25, -0.2) is 0 Å². The maximum atomic E-state index is 5.88. The maximum absolute atomic E-state index is 5.88. The summed E-state index contributed by atoms with van der Waals surface area (Å²) >= 11 is 0. The second-order valence-electron chi connectivity index (χ2n) is 6.83. The summed E-state index contributed by atoms with van der Waals surface area (Å²) in [4.78, 5) is 2.61. The average Bonchev–Trinajstić information content (AvgIpc) is 2.49. The molecule has 2 unspecified atom stereocenters. The van der Waals surface area contributed by atoms with Gasteiger partial charge in [0, 0.05) is 26.2 Å². The Morgan fingerprint density at radius 2 is 2.15 bits per heavy atom. The molecule has 3 fully saturated rings. The van der Waals surface area contributed by atoms with Crippen LogP contribution in [0.3, 0.4) is 0 Å². The molecular weight excluding hydrogens is 252 g/mol. The summed E-state index contributed by atoms with van der Waals surface area (Å²) in [5.74, 6) is 0. The van der Waals surface area contributed by atoms with E-state index in [1.165, 1.54) is 64.7 Å². The second kappa shape index (κ2) is 7.21. The average molecular weight is 282 g/mol. The van der Waals surface area contributed by atoms with E-state index >= 15 is 0 Å². The first-order chi connectivity index (χ1) is 9.86. The minimum atomic E-state index is 0.0684. The molecule has 1 N–H and O–H groups in total. The lowest BCUT2D eigenvalue weighted by Crippen LogP contribution is -2.51. The zero-order valence-corrected chi connectivity index (χ0v) is 12.7. The molecule has 1 spiro atoms.